The fraction of sp³-hybridized carbons (Fsp3) is 0.375. The topological polar surface area (TPSA) is 128 Å². The van der Waals surface area contributed by atoms with Gasteiger partial charge in [0.25, 0.3) is 5.89 Å². The van der Waals surface area contributed by atoms with Crippen LogP contribution in [0.4, 0.5) is 9.93 Å². The minimum absolute atomic E-state index is 0.00377. The molecule has 0 atom stereocenters. The van der Waals surface area contributed by atoms with Gasteiger partial charge in [0.1, 0.15) is 6.61 Å². The quantitative estimate of drug-likeness (QED) is 0.712. The van der Waals surface area contributed by atoms with Crippen molar-refractivity contribution in [2.24, 2.45) is 0 Å². The molecule has 0 radical (unpaired) electrons. The average Bonchev–Trinajstić information content (AvgIpc) is 3.25. The fourth-order valence-corrected chi connectivity index (χ4v) is 3.68. The Balaban J connectivity index is 1.37. The summed E-state index contributed by atoms with van der Waals surface area (Å²) in [6.07, 6.45) is 0.455. The third kappa shape index (κ3) is 3.46. The van der Waals surface area contributed by atoms with Crippen LogP contribution in [0.5, 0.6) is 0 Å². The Morgan fingerprint density at radius 1 is 1.38 bits per heavy atom. The maximum atomic E-state index is 10.9. The molecule has 0 saturated carbocycles. The van der Waals surface area contributed by atoms with Crippen LogP contribution in [-0.4, -0.2) is 50.4 Å². The van der Waals surface area contributed by atoms with Gasteiger partial charge in [-0.2, -0.15) is 4.98 Å². The Kier molecular flexibility index (Phi) is 4.43. The Morgan fingerprint density at radius 2 is 2.19 bits per heavy atom. The van der Waals surface area contributed by atoms with Crippen molar-refractivity contribution in [3.63, 3.8) is 0 Å². The summed E-state index contributed by atoms with van der Waals surface area (Å²) >= 11 is 1.41. The average molecular weight is 375 g/mol. The van der Waals surface area contributed by atoms with Gasteiger partial charge in [0.2, 0.25) is 0 Å². The van der Waals surface area contributed by atoms with E-state index in [4.69, 9.17) is 20.1 Å². The van der Waals surface area contributed by atoms with Gasteiger partial charge in [-0.05, 0) is 31.0 Å². The van der Waals surface area contributed by atoms with Gasteiger partial charge in [-0.3, -0.25) is 0 Å². The zero-order chi connectivity index (χ0) is 18.1. The van der Waals surface area contributed by atoms with E-state index in [1.54, 1.807) is 0 Å². The molecule has 0 unspecified atom stereocenters. The Morgan fingerprint density at radius 3 is 2.96 bits per heavy atom. The second-order valence-electron chi connectivity index (χ2n) is 6.03. The molecule has 1 saturated heterocycles. The van der Waals surface area contributed by atoms with Crippen LogP contribution in [0, 0.1) is 0 Å². The number of benzene rings is 1. The van der Waals surface area contributed by atoms with E-state index < -0.39 is 6.09 Å². The molecule has 9 nitrogen and oxygen atoms in total. The standard InChI is InChI=1S/C16H17N5O4S/c17-15-18-11-2-1-9(7-12(11)26-15)14-19-13(20-25-14)8-24-10-3-5-21(6-4-10)16(22)23/h1-2,7,10H,3-6,8H2,(H2,17,18)(H,22,23). The highest BCUT2D eigenvalue weighted by atomic mass is 32.1. The van der Waals surface area contributed by atoms with E-state index in [9.17, 15) is 4.79 Å². The number of carboxylic acid groups (broad SMARTS) is 1. The predicted octanol–water partition coefficient (Wildman–Crippen LogP) is 2.59. The first-order valence-corrected chi connectivity index (χ1v) is 8.98. The Hall–Kier alpha value is -2.72. The fourth-order valence-electron chi connectivity index (χ4n) is 2.91. The van der Waals surface area contributed by atoms with Crippen LogP contribution in [0.3, 0.4) is 0 Å². The van der Waals surface area contributed by atoms with Crippen molar-refractivity contribution < 1.29 is 19.2 Å². The molecule has 1 aliphatic heterocycles. The Labute approximate surface area is 152 Å². The van der Waals surface area contributed by atoms with Gasteiger partial charge in [-0.15, -0.1) is 0 Å². The van der Waals surface area contributed by atoms with Gasteiger partial charge in [0, 0.05) is 18.7 Å². The number of rotatable bonds is 4. The maximum Gasteiger partial charge on any atom is 0.407 e. The lowest BCUT2D eigenvalue weighted by atomic mass is 10.1. The van der Waals surface area contributed by atoms with Crippen molar-refractivity contribution in [3.05, 3.63) is 24.0 Å². The number of ether oxygens (including phenoxy) is 1. The molecule has 10 heteroatoms. The number of thiazole rings is 1. The molecule has 1 aliphatic rings. The summed E-state index contributed by atoms with van der Waals surface area (Å²) in [5, 5.41) is 13.4. The smallest absolute Gasteiger partial charge is 0.407 e. The summed E-state index contributed by atoms with van der Waals surface area (Å²) in [7, 11) is 0. The normalized spacial score (nSPS) is 15.6. The van der Waals surface area contributed by atoms with Gasteiger partial charge in [0.15, 0.2) is 11.0 Å². The molecule has 26 heavy (non-hydrogen) atoms. The summed E-state index contributed by atoms with van der Waals surface area (Å²) in [6, 6.07) is 5.65. The van der Waals surface area contributed by atoms with Crippen LogP contribution in [0.1, 0.15) is 18.7 Å². The lowest BCUT2D eigenvalue weighted by molar-refractivity contribution is -0.00294. The number of amides is 1. The molecule has 136 valence electrons. The van der Waals surface area contributed by atoms with Crippen LogP contribution < -0.4 is 5.73 Å². The third-order valence-electron chi connectivity index (χ3n) is 4.28. The third-order valence-corrected chi connectivity index (χ3v) is 5.13. The molecule has 1 aromatic carbocycles. The summed E-state index contributed by atoms with van der Waals surface area (Å²) in [5.74, 6) is 0.878. The van der Waals surface area contributed by atoms with Crippen molar-refractivity contribution in [2.75, 3.05) is 18.8 Å². The van der Waals surface area contributed by atoms with Crippen LogP contribution >= 0.6 is 11.3 Å². The van der Waals surface area contributed by atoms with E-state index in [1.165, 1.54) is 16.2 Å². The van der Waals surface area contributed by atoms with E-state index in [2.05, 4.69) is 15.1 Å². The SMILES string of the molecule is Nc1nc2ccc(-c3nc(COC4CCN(C(=O)O)CC4)no3)cc2s1. The highest BCUT2D eigenvalue weighted by Crippen LogP contribution is 2.28. The molecular formula is C16H17N5O4S. The highest BCUT2D eigenvalue weighted by molar-refractivity contribution is 7.22. The van der Waals surface area contributed by atoms with Gasteiger partial charge in [0.05, 0.1) is 16.3 Å². The van der Waals surface area contributed by atoms with Crippen molar-refractivity contribution in [1.29, 1.82) is 0 Å². The molecule has 4 rings (SSSR count). The molecule has 1 amide bonds. The van der Waals surface area contributed by atoms with Gasteiger partial charge in [-0.1, -0.05) is 16.5 Å². The number of piperidine rings is 1. The number of carbonyl (C=O) groups is 1. The van der Waals surface area contributed by atoms with E-state index >= 15 is 0 Å². The van der Waals surface area contributed by atoms with E-state index in [1.807, 2.05) is 18.2 Å². The Bertz CT molecular complexity index is 932. The van der Waals surface area contributed by atoms with Crippen LogP contribution in [0.15, 0.2) is 22.7 Å². The minimum Gasteiger partial charge on any atom is -0.465 e. The molecule has 0 bridgehead atoms. The van der Waals surface area contributed by atoms with Gasteiger partial charge >= 0.3 is 6.09 Å². The number of nitrogens with two attached hydrogens (primary N) is 1. The molecular weight excluding hydrogens is 358 g/mol. The molecule has 2 aromatic heterocycles. The largest absolute Gasteiger partial charge is 0.465 e. The number of anilines is 1. The zero-order valence-electron chi connectivity index (χ0n) is 13.8. The van der Waals surface area contributed by atoms with Crippen LogP contribution in [-0.2, 0) is 11.3 Å². The van der Waals surface area contributed by atoms with Crippen molar-refractivity contribution in [3.8, 4) is 11.5 Å². The molecule has 3 heterocycles. The number of hydrogen-bond acceptors (Lipinski definition) is 8. The zero-order valence-corrected chi connectivity index (χ0v) is 14.6. The van der Waals surface area contributed by atoms with Crippen molar-refractivity contribution in [2.45, 2.75) is 25.6 Å². The number of likely N-dealkylation sites (tertiary alicyclic amines) is 1. The molecule has 0 aliphatic carbocycles. The van der Waals surface area contributed by atoms with E-state index in [0.717, 1.165) is 15.8 Å². The number of hydrogen-bond donors (Lipinski definition) is 2. The summed E-state index contributed by atoms with van der Waals surface area (Å²) in [5.41, 5.74) is 7.36. The van der Waals surface area contributed by atoms with Gasteiger partial charge in [-0.25, -0.2) is 9.78 Å². The van der Waals surface area contributed by atoms with Crippen molar-refractivity contribution >= 4 is 32.8 Å². The second kappa shape index (κ2) is 6.89. The highest BCUT2D eigenvalue weighted by Gasteiger charge is 2.23. The first-order chi connectivity index (χ1) is 12.6. The van der Waals surface area contributed by atoms with Crippen LogP contribution in [0.25, 0.3) is 21.7 Å². The minimum atomic E-state index is -0.883. The molecule has 3 N–H and O–H groups in total. The summed E-state index contributed by atoms with van der Waals surface area (Å²) in [6.45, 7) is 1.20. The second-order valence-corrected chi connectivity index (χ2v) is 7.09. The van der Waals surface area contributed by atoms with E-state index in [0.29, 0.717) is 42.8 Å². The first kappa shape index (κ1) is 16.7. The monoisotopic (exact) mass is 375 g/mol. The van der Waals surface area contributed by atoms with Gasteiger partial charge < -0.3 is 25.0 Å². The number of fused-ring (bicyclic) bond motifs is 1. The first-order valence-electron chi connectivity index (χ1n) is 8.17. The summed E-state index contributed by atoms with van der Waals surface area (Å²) < 4.78 is 12.1. The number of aromatic nitrogens is 3. The lowest BCUT2D eigenvalue weighted by Gasteiger charge is -2.29. The van der Waals surface area contributed by atoms with Crippen molar-refractivity contribution in [1.82, 2.24) is 20.0 Å². The van der Waals surface area contributed by atoms with E-state index in [-0.39, 0.29) is 12.7 Å². The predicted molar refractivity (Wildman–Crippen MR) is 94.7 cm³/mol. The number of nitrogens with zero attached hydrogens (tertiary/aromatic N) is 4. The summed E-state index contributed by atoms with van der Waals surface area (Å²) in [4.78, 5) is 20.9. The molecule has 0 spiro atoms. The maximum absolute atomic E-state index is 10.9. The molecule has 1 fully saturated rings. The van der Waals surface area contributed by atoms with Crippen LogP contribution in [0.2, 0.25) is 0 Å². The lowest BCUT2D eigenvalue weighted by Crippen LogP contribution is -2.40. The molecule has 3 aromatic rings. The number of nitrogen functional groups attached to an aromatic ring is 1.